The van der Waals surface area contributed by atoms with Crippen molar-refractivity contribution in [2.24, 2.45) is 0 Å². The number of ether oxygens (including phenoxy) is 1. The van der Waals surface area contributed by atoms with Gasteiger partial charge in [-0.1, -0.05) is 37.3 Å². The van der Waals surface area contributed by atoms with Crippen LogP contribution in [-0.2, 0) is 11.2 Å². The smallest absolute Gasteiger partial charge is 0.238 e. The number of hydrogen-bond donors (Lipinski definition) is 2. The van der Waals surface area contributed by atoms with Crippen molar-refractivity contribution in [3.05, 3.63) is 60.2 Å². The first-order chi connectivity index (χ1) is 11.3. The second kappa shape index (κ2) is 9.64. The van der Waals surface area contributed by atoms with Crippen molar-refractivity contribution >= 4 is 11.6 Å². The Kier molecular flexibility index (Phi) is 7.14. The van der Waals surface area contributed by atoms with Gasteiger partial charge in [-0.2, -0.15) is 0 Å². The molecule has 4 nitrogen and oxygen atoms in total. The molecule has 0 atom stereocenters. The van der Waals surface area contributed by atoms with Crippen LogP contribution in [0.1, 0.15) is 18.9 Å². The van der Waals surface area contributed by atoms with Gasteiger partial charge in [0.1, 0.15) is 5.75 Å². The van der Waals surface area contributed by atoms with Crippen molar-refractivity contribution in [3.8, 4) is 5.75 Å². The van der Waals surface area contributed by atoms with Crippen LogP contribution in [0.4, 0.5) is 5.69 Å². The van der Waals surface area contributed by atoms with E-state index in [0.29, 0.717) is 13.2 Å². The number of benzene rings is 2. The Hall–Kier alpha value is -2.33. The molecule has 0 radical (unpaired) electrons. The lowest BCUT2D eigenvalue weighted by Gasteiger charge is -2.08. The summed E-state index contributed by atoms with van der Waals surface area (Å²) in [4.78, 5) is 11.6. The maximum absolute atomic E-state index is 11.6. The molecular weight excluding hydrogens is 288 g/mol. The molecule has 2 aromatic rings. The van der Waals surface area contributed by atoms with E-state index in [1.807, 2.05) is 37.3 Å². The number of rotatable bonds is 9. The summed E-state index contributed by atoms with van der Waals surface area (Å²) in [7, 11) is 0. The van der Waals surface area contributed by atoms with Gasteiger partial charge in [0, 0.05) is 5.69 Å². The third-order valence-electron chi connectivity index (χ3n) is 3.39. The van der Waals surface area contributed by atoms with E-state index in [0.717, 1.165) is 30.8 Å². The molecule has 0 aliphatic heterocycles. The second-order valence-corrected chi connectivity index (χ2v) is 5.29. The molecule has 0 saturated carbocycles. The molecule has 0 fully saturated rings. The number of nitrogens with one attached hydrogen (secondary N) is 2. The van der Waals surface area contributed by atoms with E-state index in [9.17, 15) is 4.79 Å². The minimum atomic E-state index is -0.0385. The summed E-state index contributed by atoms with van der Waals surface area (Å²) in [5, 5.41) is 5.83. The third kappa shape index (κ3) is 6.53. The predicted molar refractivity (Wildman–Crippen MR) is 93.9 cm³/mol. The number of hydrogen-bond acceptors (Lipinski definition) is 3. The summed E-state index contributed by atoms with van der Waals surface area (Å²) in [6, 6.07) is 17.9. The second-order valence-electron chi connectivity index (χ2n) is 5.29. The Morgan fingerprint density at radius 2 is 1.78 bits per heavy atom. The fourth-order valence-corrected chi connectivity index (χ4v) is 2.19. The zero-order chi connectivity index (χ0) is 16.3. The number of carbonyl (C=O) groups is 1. The fraction of sp³-hybridized carbons (Fsp3) is 0.316. The lowest BCUT2D eigenvalue weighted by molar-refractivity contribution is -0.115. The van der Waals surface area contributed by atoms with E-state index in [4.69, 9.17) is 4.74 Å². The Morgan fingerprint density at radius 1 is 1.04 bits per heavy atom. The van der Waals surface area contributed by atoms with Crippen molar-refractivity contribution in [1.82, 2.24) is 5.32 Å². The Bertz CT molecular complexity index is 582. The van der Waals surface area contributed by atoms with Crippen molar-refractivity contribution in [3.63, 3.8) is 0 Å². The number of anilines is 1. The summed E-state index contributed by atoms with van der Waals surface area (Å²) in [6.07, 6.45) is 1.99. The molecule has 2 aromatic carbocycles. The van der Waals surface area contributed by atoms with Gasteiger partial charge in [-0.15, -0.1) is 0 Å². The van der Waals surface area contributed by atoms with Crippen LogP contribution in [0.25, 0.3) is 0 Å². The van der Waals surface area contributed by atoms with Crippen molar-refractivity contribution < 1.29 is 9.53 Å². The quantitative estimate of drug-likeness (QED) is 0.699. The van der Waals surface area contributed by atoms with Crippen LogP contribution >= 0.6 is 0 Å². The van der Waals surface area contributed by atoms with Crippen LogP contribution in [0.15, 0.2) is 54.6 Å². The van der Waals surface area contributed by atoms with Crippen LogP contribution in [0.5, 0.6) is 5.75 Å². The van der Waals surface area contributed by atoms with E-state index in [2.05, 4.69) is 34.9 Å². The molecule has 23 heavy (non-hydrogen) atoms. The SMILES string of the molecule is CCNCC(=O)Nc1ccc(OCCCc2ccccc2)cc1. The average Bonchev–Trinajstić information content (AvgIpc) is 2.59. The summed E-state index contributed by atoms with van der Waals surface area (Å²) < 4.78 is 5.73. The van der Waals surface area contributed by atoms with Gasteiger partial charge >= 0.3 is 0 Å². The summed E-state index contributed by atoms with van der Waals surface area (Å²) in [6.45, 7) is 3.76. The van der Waals surface area contributed by atoms with Crippen LogP contribution in [0, 0.1) is 0 Å². The molecular formula is C19H24N2O2. The van der Waals surface area contributed by atoms with E-state index in [1.165, 1.54) is 5.56 Å². The van der Waals surface area contributed by atoms with E-state index >= 15 is 0 Å². The number of likely N-dealkylation sites (N-methyl/N-ethyl adjacent to an activating group) is 1. The lowest BCUT2D eigenvalue weighted by atomic mass is 10.1. The molecule has 2 rings (SSSR count). The van der Waals surface area contributed by atoms with E-state index < -0.39 is 0 Å². The predicted octanol–water partition coefficient (Wildman–Crippen LogP) is 3.25. The minimum absolute atomic E-state index is 0.0385. The zero-order valence-electron chi connectivity index (χ0n) is 13.5. The highest BCUT2D eigenvalue weighted by molar-refractivity contribution is 5.92. The highest BCUT2D eigenvalue weighted by Crippen LogP contribution is 2.16. The molecule has 0 unspecified atom stereocenters. The molecule has 0 aliphatic carbocycles. The number of aryl methyl sites for hydroxylation is 1. The number of carbonyl (C=O) groups excluding carboxylic acids is 1. The van der Waals surface area contributed by atoms with Crippen molar-refractivity contribution in [2.75, 3.05) is 25.0 Å². The Balaban J connectivity index is 1.69. The Labute approximate surface area is 137 Å². The first-order valence-electron chi connectivity index (χ1n) is 8.05. The van der Waals surface area contributed by atoms with Gasteiger partial charge in [0.05, 0.1) is 13.2 Å². The Morgan fingerprint density at radius 3 is 2.48 bits per heavy atom. The molecule has 0 spiro atoms. The number of amides is 1. The van der Waals surface area contributed by atoms with Crippen LogP contribution in [0.2, 0.25) is 0 Å². The standard InChI is InChI=1S/C19H24N2O2/c1-2-20-15-19(22)21-17-10-12-18(13-11-17)23-14-6-9-16-7-4-3-5-8-16/h3-5,7-8,10-13,20H,2,6,9,14-15H2,1H3,(H,21,22). The third-order valence-corrected chi connectivity index (χ3v) is 3.39. The molecule has 0 heterocycles. The summed E-state index contributed by atoms with van der Waals surface area (Å²) in [5.41, 5.74) is 2.11. The van der Waals surface area contributed by atoms with Gasteiger partial charge < -0.3 is 15.4 Å². The fourth-order valence-electron chi connectivity index (χ4n) is 2.19. The van der Waals surface area contributed by atoms with E-state index in [1.54, 1.807) is 0 Å². The molecule has 0 aliphatic rings. The molecule has 4 heteroatoms. The normalized spacial score (nSPS) is 10.3. The first kappa shape index (κ1) is 17.0. The average molecular weight is 312 g/mol. The van der Waals surface area contributed by atoms with E-state index in [-0.39, 0.29) is 5.91 Å². The van der Waals surface area contributed by atoms with Crippen LogP contribution in [-0.4, -0.2) is 25.6 Å². The van der Waals surface area contributed by atoms with Crippen LogP contribution < -0.4 is 15.4 Å². The van der Waals surface area contributed by atoms with Gasteiger partial charge in [0.2, 0.25) is 5.91 Å². The summed E-state index contributed by atoms with van der Waals surface area (Å²) in [5.74, 6) is 0.783. The maximum Gasteiger partial charge on any atom is 0.238 e. The maximum atomic E-state index is 11.6. The van der Waals surface area contributed by atoms with Crippen molar-refractivity contribution in [2.45, 2.75) is 19.8 Å². The minimum Gasteiger partial charge on any atom is -0.494 e. The topological polar surface area (TPSA) is 50.4 Å². The van der Waals surface area contributed by atoms with Gasteiger partial charge in [-0.25, -0.2) is 0 Å². The molecule has 122 valence electrons. The van der Waals surface area contributed by atoms with Crippen LogP contribution in [0.3, 0.4) is 0 Å². The summed E-state index contributed by atoms with van der Waals surface area (Å²) >= 11 is 0. The largest absolute Gasteiger partial charge is 0.494 e. The highest BCUT2D eigenvalue weighted by atomic mass is 16.5. The van der Waals surface area contributed by atoms with Gasteiger partial charge in [-0.05, 0) is 49.2 Å². The van der Waals surface area contributed by atoms with Gasteiger partial charge in [0.15, 0.2) is 0 Å². The highest BCUT2D eigenvalue weighted by Gasteiger charge is 2.01. The van der Waals surface area contributed by atoms with Crippen molar-refractivity contribution in [1.29, 1.82) is 0 Å². The molecule has 0 saturated heterocycles. The van der Waals surface area contributed by atoms with Gasteiger partial charge in [0.25, 0.3) is 0 Å². The first-order valence-corrected chi connectivity index (χ1v) is 8.05. The molecule has 0 bridgehead atoms. The molecule has 0 aromatic heterocycles. The zero-order valence-corrected chi connectivity index (χ0v) is 13.5. The van der Waals surface area contributed by atoms with Gasteiger partial charge in [-0.3, -0.25) is 4.79 Å². The molecule has 1 amide bonds. The monoisotopic (exact) mass is 312 g/mol. The lowest BCUT2D eigenvalue weighted by Crippen LogP contribution is -2.27. The molecule has 2 N–H and O–H groups in total.